The number of para-hydroxylation sites is 2. The van der Waals surface area contributed by atoms with Crippen LogP contribution >= 0.6 is 0 Å². The number of ether oxygens (including phenoxy) is 1. The lowest BCUT2D eigenvalue weighted by atomic mass is 10.0. The minimum absolute atomic E-state index is 0.349. The fourth-order valence-electron chi connectivity index (χ4n) is 3.15. The van der Waals surface area contributed by atoms with Gasteiger partial charge in [-0.15, -0.1) is 0 Å². The summed E-state index contributed by atoms with van der Waals surface area (Å²) in [5.74, 6) is -0.754. The molecule has 1 atom stereocenters. The maximum Gasteiger partial charge on any atom is 0.243 e. The van der Waals surface area contributed by atoms with Crippen molar-refractivity contribution in [1.82, 2.24) is 15.3 Å². The first-order valence-electron chi connectivity index (χ1n) is 9.13. The third kappa shape index (κ3) is 4.32. The Labute approximate surface area is 158 Å². The lowest BCUT2D eigenvalue weighted by Crippen LogP contribution is -3.12. The number of carbonyl (C=O) groups excluding carboxylic acids is 1. The molecule has 0 aliphatic carbocycles. The highest BCUT2D eigenvalue weighted by molar-refractivity contribution is 5.88. The van der Waals surface area contributed by atoms with Gasteiger partial charge in [-0.05, 0) is 12.1 Å². The number of hydrogen-bond donors (Lipinski definition) is 2. The Morgan fingerprint density at radius 3 is 2.63 bits per heavy atom. The van der Waals surface area contributed by atoms with Crippen molar-refractivity contribution in [2.75, 3.05) is 58.4 Å². The van der Waals surface area contributed by atoms with Crippen LogP contribution < -0.4 is 15.1 Å². The molecule has 8 heteroatoms. The van der Waals surface area contributed by atoms with E-state index < -0.39 is 5.92 Å². The zero-order chi connectivity index (χ0) is 19.2. The first kappa shape index (κ1) is 19.0. The SMILES string of the molecule is COCCNC(=O)[C@@H](C#N)c1nc2ccccc2nc1N1CC[NH+](C)CC1. The molecule has 27 heavy (non-hydrogen) atoms. The molecule has 0 unspecified atom stereocenters. The molecular weight excluding hydrogens is 344 g/mol. The molecule has 1 aromatic carbocycles. The number of benzene rings is 1. The minimum Gasteiger partial charge on any atom is -0.383 e. The van der Waals surface area contributed by atoms with Gasteiger partial charge in [-0.25, -0.2) is 9.97 Å². The van der Waals surface area contributed by atoms with Crippen LogP contribution in [-0.4, -0.2) is 69.4 Å². The van der Waals surface area contributed by atoms with Gasteiger partial charge < -0.3 is 19.9 Å². The Morgan fingerprint density at radius 1 is 1.33 bits per heavy atom. The number of hydrogen-bond acceptors (Lipinski definition) is 6. The first-order valence-corrected chi connectivity index (χ1v) is 9.13. The van der Waals surface area contributed by atoms with E-state index in [4.69, 9.17) is 9.72 Å². The number of quaternary nitrogens is 1. The minimum atomic E-state index is -1.01. The van der Waals surface area contributed by atoms with E-state index in [1.807, 2.05) is 24.3 Å². The average molecular weight is 369 g/mol. The van der Waals surface area contributed by atoms with E-state index in [9.17, 15) is 10.1 Å². The normalized spacial score (nSPS) is 16.1. The quantitative estimate of drug-likeness (QED) is 0.656. The maximum atomic E-state index is 12.6. The number of nitriles is 1. The second kappa shape index (κ2) is 8.75. The summed E-state index contributed by atoms with van der Waals surface area (Å²) >= 11 is 0. The number of nitrogens with zero attached hydrogens (tertiary/aromatic N) is 4. The van der Waals surface area contributed by atoms with E-state index >= 15 is 0 Å². The van der Waals surface area contributed by atoms with E-state index in [0.717, 1.165) is 31.7 Å². The van der Waals surface area contributed by atoms with Crippen molar-refractivity contribution >= 4 is 22.8 Å². The maximum absolute atomic E-state index is 12.6. The molecule has 2 N–H and O–H groups in total. The number of rotatable bonds is 6. The Kier molecular flexibility index (Phi) is 6.16. The van der Waals surface area contributed by atoms with Gasteiger partial charge in [0.2, 0.25) is 5.91 Å². The molecule has 1 aliphatic heterocycles. The molecule has 1 aliphatic rings. The van der Waals surface area contributed by atoms with Gasteiger partial charge in [0.05, 0.1) is 56.9 Å². The van der Waals surface area contributed by atoms with Crippen molar-refractivity contribution in [2.45, 2.75) is 5.92 Å². The number of fused-ring (bicyclic) bond motifs is 1. The van der Waals surface area contributed by atoms with E-state index in [1.54, 1.807) is 7.11 Å². The second-order valence-corrected chi connectivity index (χ2v) is 6.71. The summed E-state index contributed by atoms with van der Waals surface area (Å²) in [7, 11) is 3.72. The van der Waals surface area contributed by atoms with Crippen LogP contribution in [-0.2, 0) is 9.53 Å². The molecule has 0 bridgehead atoms. The van der Waals surface area contributed by atoms with E-state index in [-0.39, 0.29) is 5.91 Å². The summed E-state index contributed by atoms with van der Waals surface area (Å²) in [4.78, 5) is 25.6. The molecule has 8 nitrogen and oxygen atoms in total. The Hall–Kier alpha value is -2.76. The van der Waals surface area contributed by atoms with Crippen LogP contribution in [0.3, 0.4) is 0 Å². The Morgan fingerprint density at radius 2 is 2.00 bits per heavy atom. The van der Waals surface area contributed by atoms with Crippen LogP contribution in [0.25, 0.3) is 11.0 Å². The fraction of sp³-hybridized carbons (Fsp3) is 0.474. The van der Waals surface area contributed by atoms with Crippen molar-refractivity contribution in [3.63, 3.8) is 0 Å². The topological polar surface area (TPSA) is 95.6 Å². The molecular formula is C19H25N6O2+. The fourth-order valence-corrected chi connectivity index (χ4v) is 3.15. The first-order chi connectivity index (χ1) is 13.1. The summed E-state index contributed by atoms with van der Waals surface area (Å²) in [5.41, 5.74) is 1.87. The zero-order valence-corrected chi connectivity index (χ0v) is 15.7. The number of likely N-dealkylation sites (N-methyl/N-ethyl adjacent to an activating group) is 1. The monoisotopic (exact) mass is 369 g/mol. The van der Waals surface area contributed by atoms with Crippen LogP contribution in [0.1, 0.15) is 11.6 Å². The van der Waals surface area contributed by atoms with Gasteiger partial charge >= 0.3 is 0 Å². The van der Waals surface area contributed by atoms with Gasteiger partial charge in [0, 0.05) is 13.7 Å². The third-order valence-electron chi connectivity index (χ3n) is 4.76. The van der Waals surface area contributed by atoms with Crippen molar-refractivity contribution in [1.29, 1.82) is 5.26 Å². The number of amides is 1. The lowest BCUT2D eigenvalue weighted by molar-refractivity contribution is -0.880. The molecule has 142 valence electrons. The van der Waals surface area contributed by atoms with Crippen LogP contribution in [0, 0.1) is 11.3 Å². The van der Waals surface area contributed by atoms with Gasteiger partial charge in [0.25, 0.3) is 0 Å². The van der Waals surface area contributed by atoms with Gasteiger partial charge in [-0.3, -0.25) is 4.79 Å². The molecule has 1 fully saturated rings. The highest BCUT2D eigenvalue weighted by atomic mass is 16.5. The summed E-state index contributed by atoms with van der Waals surface area (Å²) in [6.45, 7) is 4.32. The number of anilines is 1. The van der Waals surface area contributed by atoms with Crippen molar-refractivity contribution in [2.24, 2.45) is 0 Å². The number of aromatic nitrogens is 2. The van der Waals surface area contributed by atoms with Crippen molar-refractivity contribution in [3.05, 3.63) is 30.0 Å². The molecule has 2 heterocycles. The molecule has 1 saturated heterocycles. The van der Waals surface area contributed by atoms with Gasteiger partial charge in [0.15, 0.2) is 11.7 Å². The average Bonchev–Trinajstić information content (AvgIpc) is 2.69. The molecule has 0 spiro atoms. The highest BCUT2D eigenvalue weighted by Crippen LogP contribution is 2.27. The number of piperazine rings is 1. The third-order valence-corrected chi connectivity index (χ3v) is 4.76. The zero-order valence-electron chi connectivity index (χ0n) is 15.7. The molecule has 1 amide bonds. The molecule has 1 aromatic heterocycles. The van der Waals surface area contributed by atoms with Crippen LogP contribution in [0.5, 0.6) is 0 Å². The molecule has 0 saturated carbocycles. The summed E-state index contributed by atoms with van der Waals surface area (Å²) < 4.78 is 4.96. The van der Waals surface area contributed by atoms with Crippen LogP contribution in [0.4, 0.5) is 5.82 Å². The predicted octanol–water partition coefficient (Wildman–Crippen LogP) is -0.666. The van der Waals surface area contributed by atoms with Crippen LogP contribution in [0.2, 0.25) is 0 Å². The van der Waals surface area contributed by atoms with Gasteiger partial charge in [0.1, 0.15) is 5.69 Å². The smallest absolute Gasteiger partial charge is 0.243 e. The van der Waals surface area contributed by atoms with Gasteiger partial charge in [-0.1, -0.05) is 12.1 Å². The number of nitrogens with one attached hydrogen (secondary N) is 2. The predicted molar refractivity (Wildman–Crippen MR) is 102 cm³/mol. The van der Waals surface area contributed by atoms with Crippen LogP contribution in [0.15, 0.2) is 24.3 Å². The summed E-state index contributed by atoms with van der Waals surface area (Å²) in [6.07, 6.45) is 0. The second-order valence-electron chi connectivity index (χ2n) is 6.71. The number of methoxy groups -OCH3 is 1. The van der Waals surface area contributed by atoms with Crippen molar-refractivity contribution in [3.8, 4) is 6.07 Å². The summed E-state index contributed by atoms with van der Waals surface area (Å²) in [6, 6.07) is 9.64. The summed E-state index contributed by atoms with van der Waals surface area (Å²) in [5, 5.41) is 12.5. The Bertz CT molecular complexity index is 842. The van der Waals surface area contributed by atoms with E-state index in [1.165, 1.54) is 4.90 Å². The van der Waals surface area contributed by atoms with E-state index in [0.29, 0.717) is 30.2 Å². The van der Waals surface area contributed by atoms with E-state index in [2.05, 4.69) is 28.3 Å². The largest absolute Gasteiger partial charge is 0.383 e. The number of carbonyl (C=O) groups is 1. The highest BCUT2D eigenvalue weighted by Gasteiger charge is 2.30. The lowest BCUT2D eigenvalue weighted by Gasteiger charge is -2.32. The molecule has 3 rings (SSSR count). The molecule has 0 radical (unpaired) electrons. The van der Waals surface area contributed by atoms with Crippen molar-refractivity contribution < 1.29 is 14.4 Å². The Balaban J connectivity index is 1.99. The standard InChI is InChI=1S/C19H24N6O2/c1-24-8-10-25(11-9-24)18-17(14(13-20)19(26)21-7-12-27-2)22-15-5-3-4-6-16(15)23-18/h3-6,14H,7-12H2,1-2H3,(H,21,26)/p+1/t14-/m0/s1. The van der Waals surface area contributed by atoms with Gasteiger partial charge in [-0.2, -0.15) is 5.26 Å². The molecule has 2 aromatic rings.